The molecule has 0 radical (unpaired) electrons. The zero-order valence-electron chi connectivity index (χ0n) is 9.53. The van der Waals surface area contributed by atoms with Crippen molar-refractivity contribution >= 4 is 5.97 Å². The SMILES string of the molecule is Cc1ccc(OCCOCC(=O)O)c(C)c1. The summed E-state index contributed by atoms with van der Waals surface area (Å²) in [7, 11) is 0. The molecule has 0 aromatic heterocycles. The van der Waals surface area contributed by atoms with Crippen LogP contribution in [0.2, 0.25) is 0 Å². The van der Waals surface area contributed by atoms with Crippen molar-refractivity contribution in [2.45, 2.75) is 13.8 Å². The van der Waals surface area contributed by atoms with Gasteiger partial charge in [-0.2, -0.15) is 0 Å². The van der Waals surface area contributed by atoms with Crippen LogP contribution >= 0.6 is 0 Å². The number of carboxylic acid groups (broad SMARTS) is 1. The van der Waals surface area contributed by atoms with Crippen LogP contribution in [0.3, 0.4) is 0 Å². The summed E-state index contributed by atoms with van der Waals surface area (Å²) in [6.07, 6.45) is 0. The molecule has 0 aliphatic carbocycles. The number of ether oxygens (including phenoxy) is 2. The molecule has 0 saturated heterocycles. The van der Waals surface area contributed by atoms with Crippen molar-refractivity contribution in [3.63, 3.8) is 0 Å². The largest absolute Gasteiger partial charge is 0.491 e. The zero-order chi connectivity index (χ0) is 12.0. The quantitative estimate of drug-likeness (QED) is 0.748. The summed E-state index contributed by atoms with van der Waals surface area (Å²) in [5.41, 5.74) is 2.25. The fourth-order valence-corrected chi connectivity index (χ4v) is 1.33. The van der Waals surface area contributed by atoms with Gasteiger partial charge >= 0.3 is 5.97 Å². The third-order valence-corrected chi connectivity index (χ3v) is 2.04. The Hall–Kier alpha value is -1.55. The number of hydrogen-bond donors (Lipinski definition) is 1. The van der Waals surface area contributed by atoms with Crippen molar-refractivity contribution in [2.75, 3.05) is 19.8 Å². The highest BCUT2D eigenvalue weighted by Gasteiger charge is 2.00. The van der Waals surface area contributed by atoms with Crippen LogP contribution in [0.1, 0.15) is 11.1 Å². The van der Waals surface area contributed by atoms with Gasteiger partial charge in [0.1, 0.15) is 19.0 Å². The summed E-state index contributed by atoms with van der Waals surface area (Å²) in [4.78, 5) is 10.2. The van der Waals surface area contributed by atoms with Crippen LogP contribution in [-0.4, -0.2) is 30.9 Å². The normalized spacial score (nSPS) is 10.1. The first-order valence-electron chi connectivity index (χ1n) is 5.09. The van der Waals surface area contributed by atoms with Gasteiger partial charge in [0.15, 0.2) is 0 Å². The highest BCUT2D eigenvalue weighted by molar-refractivity contribution is 5.67. The van der Waals surface area contributed by atoms with Gasteiger partial charge in [-0.3, -0.25) is 0 Å². The number of carbonyl (C=O) groups is 1. The molecule has 1 aromatic rings. The van der Waals surface area contributed by atoms with Crippen molar-refractivity contribution in [2.24, 2.45) is 0 Å². The van der Waals surface area contributed by atoms with E-state index in [1.54, 1.807) is 0 Å². The van der Waals surface area contributed by atoms with E-state index >= 15 is 0 Å². The summed E-state index contributed by atoms with van der Waals surface area (Å²) in [5, 5.41) is 8.34. The van der Waals surface area contributed by atoms with Gasteiger partial charge in [-0.1, -0.05) is 17.7 Å². The first kappa shape index (κ1) is 12.5. The van der Waals surface area contributed by atoms with Gasteiger partial charge in [-0.15, -0.1) is 0 Å². The van der Waals surface area contributed by atoms with Gasteiger partial charge in [-0.05, 0) is 25.5 Å². The number of carboxylic acids is 1. The molecular formula is C12H16O4. The second kappa shape index (κ2) is 6.12. The molecule has 0 bridgehead atoms. The van der Waals surface area contributed by atoms with E-state index in [0.29, 0.717) is 6.61 Å². The Bertz CT molecular complexity index is 360. The standard InChI is InChI=1S/C12H16O4/c1-9-3-4-11(10(2)7-9)16-6-5-15-8-12(13)14/h3-4,7H,5-6,8H2,1-2H3,(H,13,14). The molecule has 4 nitrogen and oxygen atoms in total. The minimum atomic E-state index is -0.966. The van der Waals surface area contributed by atoms with Gasteiger partial charge in [0, 0.05) is 0 Å². The maximum Gasteiger partial charge on any atom is 0.329 e. The molecule has 1 rings (SSSR count). The Morgan fingerprint density at radius 2 is 2.06 bits per heavy atom. The molecule has 0 aliphatic rings. The minimum absolute atomic E-state index is 0.277. The lowest BCUT2D eigenvalue weighted by molar-refractivity contribution is -0.142. The third kappa shape index (κ3) is 4.31. The number of aryl methyl sites for hydroxylation is 2. The molecular weight excluding hydrogens is 208 g/mol. The Morgan fingerprint density at radius 1 is 1.31 bits per heavy atom. The maximum atomic E-state index is 10.2. The summed E-state index contributed by atoms with van der Waals surface area (Å²) in [5.74, 6) is -0.156. The minimum Gasteiger partial charge on any atom is -0.491 e. The second-order valence-electron chi connectivity index (χ2n) is 3.56. The Labute approximate surface area is 94.8 Å². The molecule has 0 saturated carbocycles. The monoisotopic (exact) mass is 224 g/mol. The van der Waals surface area contributed by atoms with Crippen LogP contribution in [-0.2, 0) is 9.53 Å². The lowest BCUT2D eigenvalue weighted by Crippen LogP contribution is -2.12. The smallest absolute Gasteiger partial charge is 0.329 e. The summed E-state index contributed by atoms with van der Waals surface area (Å²) >= 11 is 0. The van der Waals surface area contributed by atoms with Crippen LogP contribution in [0.15, 0.2) is 18.2 Å². The van der Waals surface area contributed by atoms with Crippen LogP contribution < -0.4 is 4.74 Å². The number of hydrogen-bond acceptors (Lipinski definition) is 3. The lowest BCUT2D eigenvalue weighted by atomic mass is 10.1. The summed E-state index contributed by atoms with van der Waals surface area (Å²) < 4.78 is 10.3. The molecule has 4 heteroatoms. The van der Waals surface area contributed by atoms with Gasteiger partial charge in [0.2, 0.25) is 0 Å². The molecule has 1 N–H and O–H groups in total. The van der Waals surface area contributed by atoms with Gasteiger partial charge in [0.05, 0.1) is 6.61 Å². The summed E-state index contributed by atoms with van der Waals surface area (Å²) in [6, 6.07) is 5.91. The highest BCUT2D eigenvalue weighted by atomic mass is 16.5. The third-order valence-electron chi connectivity index (χ3n) is 2.04. The van der Waals surface area contributed by atoms with E-state index in [9.17, 15) is 4.79 Å². The number of aliphatic carboxylic acids is 1. The van der Waals surface area contributed by atoms with Gasteiger partial charge in [0.25, 0.3) is 0 Å². The van der Waals surface area contributed by atoms with E-state index < -0.39 is 5.97 Å². The predicted molar refractivity (Wildman–Crippen MR) is 59.9 cm³/mol. The van der Waals surface area contributed by atoms with E-state index in [2.05, 4.69) is 0 Å². The van der Waals surface area contributed by atoms with E-state index in [0.717, 1.165) is 11.3 Å². The fourth-order valence-electron chi connectivity index (χ4n) is 1.33. The lowest BCUT2D eigenvalue weighted by Gasteiger charge is -2.09. The van der Waals surface area contributed by atoms with E-state index in [1.165, 1.54) is 5.56 Å². The van der Waals surface area contributed by atoms with Crippen molar-refractivity contribution in [1.29, 1.82) is 0 Å². The topological polar surface area (TPSA) is 55.8 Å². The number of rotatable bonds is 6. The van der Waals surface area contributed by atoms with E-state index in [1.807, 2.05) is 32.0 Å². The predicted octanol–water partition coefficient (Wildman–Crippen LogP) is 1.78. The second-order valence-corrected chi connectivity index (χ2v) is 3.56. The van der Waals surface area contributed by atoms with E-state index in [4.69, 9.17) is 14.6 Å². The first-order valence-corrected chi connectivity index (χ1v) is 5.09. The van der Waals surface area contributed by atoms with Crippen molar-refractivity contribution in [3.05, 3.63) is 29.3 Å². The Kier molecular flexibility index (Phi) is 4.79. The molecule has 0 heterocycles. The van der Waals surface area contributed by atoms with Crippen LogP contribution in [0.5, 0.6) is 5.75 Å². The molecule has 0 atom stereocenters. The average molecular weight is 224 g/mol. The molecule has 88 valence electrons. The molecule has 1 aromatic carbocycles. The zero-order valence-corrected chi connectivity index (χ0v) is 9.53. The molecule has 0 fully saturated rings. The van der Waals surface area contributed by atoms with Crippen molar-refractivity contribution in [1.82, 2.24) is 0 Å². The van der Waals surface area contributed by atoms with E-state index in [-0.39, 0.29) is 13.2 Å². The van der Waals surface area contributed by atoms with Crippen LogP contribution in [0.25, 0.3) is 0 Å². The van der Waals surface area contributed by atoms with Gasteiger partial charge in [-0.25, -0.2) is 4.79 Å². The summed E-state index contributed by atoms with van der Waals surface area (Å²) in [6.45, 7) is 4.35. The number of benzene rings is 1. The Morgan fingerprint density at radius 3 is 2.69 bits per heavy atom. The van der Waals surface area contributed by atoms with Crippen LogP contribution in [0, 0.1) is 13.8 Å². The molecule has 0 aliphatic heterocycles. The van der Waals surface area contributed by atoms with Crippen molar-refractivity contribution < 1.29 is 19.4 Å². The maximum absolute atomic E-state index is 10.2. The highest BCUT2D eigenvalue weighted by Crippen LogP contribution is 2.18. The average Bonchev–Trinajstić information content (AvgIpc) is 2.20. The van der Waals surface area contributed by atoms with Crippen molar-refractivity contribution in [3.8, 4) is 5.75 Å². The fraction of sp³-hybridized carbons (Fsp3) is 0.417. The van der Waals surface area contributed by atoms with Crippen LogP contribution in [0.4, 0.5) is 0 Å². The molecule has 16 heavy (non-hydrogen) atoms. The molecule has 0 unspecified atom stereocenters. The molecule has 0 amide bonds. The van der Waals surface area contributed by atoms with Gasteiger partial charge < -0.3 is 14.6 Å². The Balaban J connectivity index is 2.29. The molecule has 0 spiro atoms. The first-order chi connectivity index (χ1) is 7.59.